The number of rotatable bonds is 4. The van der Waals surface area contributed by atoms with Crippen molar-refractivity contribution in [3.63, 3.8) is 0 Å². The van der Waals surface area contributed by atoms with Gasteiger partial charge in [0.05, 0.1) is 19.0 Å². The molecule has 1 heterocycles. The highest BCUT2D eigenvalue weighted by Gasteiger charge is 2.12. The first kappa shape index (κ1) is 15.2. The Balaban J connectivity index is 2.09. The zero-order valence-corrected chi connectivity index (χ0v) is 13.2. The lowest BCUT2D eigenvalue weighted by Crippen LogP contribution is -2.13. The number of amides is 1. The molecule has 2 aromatic rings. The summed E-state index contributed by atoms with van der Waals surface area (Å²) in [4.78, 5) is 23.4. The molecule has 6 nitrogen and oxygen atoms in total. The van der Waals surface area contributed by atoms with Crippen LogP contribution in [0.25, 0.3) is 0 Å². The van der Waals surface area contributed by atoms with Gasteiger partial charge in [-0.15, -0.1) is 0 Å². The average Bonchev–Trinajstić information content (AvgIpc) is 2.88. The van der Waals surface area contributed by atoms with E-state index in [4.69, 9.17) is 0 Å². The van der Waals surface area contributed by atoms with Crippen LogP contribution >= 0.6 is 15.9 Å². The molecule has 7 heteroatoms. The number of aromatic nitrogens is 2. The molecular formula is C14H14BrN3O3. The largest absolute Gasteiger partial charge is 0.468 e. The Morgan fingerprint density at radius 1 is 1.43 bits per heavy atom. The van der Waals surface area contributed by atoms with Crippen LogP contribution in [0.15, 0.2) is 35.1 Å². The lowest BCUT2D eigenvalue weighted by Gasteiger charge is -2.07. The van der Waals surface area contributed by atoms with E-state index in [0.717, 1.165) is 10.0 Å². The molecule has 0 atom stereocenters. The van der Waals surface area contributed by atoms with E-state index in [9.17, 15) is 9.59 Å². The predicted octanol–water partition coefficient (Wildman–Crippen LogP) is 2.38. The van der Waals surface area contributed by atoms with Gasteiger partial charge in [0.1, 0.15) is 6.54 Å². The normalized spacial score (nSPS) is 10.2. The molecule has 0 radical (unpaired) electrons. The van der Waals surface area contributed by atoms with Crippen LogP contribution in [0.3, 0.4) is 0 Å². The Labute approximate surface area is 130 Å². The first-order valence-electron chi connectivity index (χ1n) is 6.17. The quantitative estimate of drug-likeness (QED) is 0.858. The lowest BCUT2D eigenvalue weighted by molar-refractivity contribution is -0.141. The lowest BCUT2D eigenvalue weighted by atomic mass is 10.1. The number of anilines is 1. The van der Waals surface area contributed by atoms with Crippen molar-refractivity contribution in [3.8, 4) is 0 Å². The number of nitrogens with one attached hydrogen (secondary N) is 1. The van der Waals surface area contributed by atoms with Crippen LogP contribution in [-0.2, 0) is 16.1 Å². The summed E-state index contributed by atoms with van der Waals surface area (Å²) < 4.78 is 6.82. The summed E-state index contributed by atoms with van der Waals surface area (Å²) in [7, 11) is 1.31. The van der Waals surface area contributed by atoms with Gasteiger partial charge in [-0.2, -0.15) is 5.10 Å². The minimum Gasteiger partial charge on any atom is -0.468 e. The molecule has 0 saturated heterocycles. The summed E-state index contributed by atoms with van der Waals surface area (Å²) in [5.41, 5.74) is 1.95. The highest BCUT2D eigenvalue weighted by molar-refractivity contribution is 9.10. The van der Waals surface area contributed by atoms with Gasteiger partial charge in [0.2, 0.25) is 0 Å². The number of hydrogen-bond acceptors (Lipinski definition) is 4. The van der Waals surface area contributed by atoms with E-state index in [1.807, 2.05) is 13.0 Å². The molecule has 1 aromatic heterocycles. The van der Waals surface area contributed by atoms with Gasteiger partial charge in [0, 0.05) is 16.2 Å². The Morgan fingerprint density at radius 2 is 2.19 bits per heavy atom. The molecule has 0 fully saturated rings. The summed E-state index contributed by atoms with van der Waals surface area (Å²) in [6.07, 6.45) is 3.05. The molecule has 0 aliphatic heterocycles. The SMILES string of the molecule is COC(=O)Cn1cc(NC(=O)c2cccc(Br)c2C)cn1. The molecule has 0 aliphatic carbocycles. The third-order valence-corrected chi connectivity index (χ3v) is 3.78. The molecule has 0 spiro atoms. The van der Waals surface area contributed by atoms with Gasteiger partial charge in [0.15, 0.2) is 0 Å². The molecule has 21 heavy (non-hydrogen) atoms. The zero-order chi connectivity index (χ0) is 15.4. The fraction of sp³-hybridized carbons (Fsp3) is 0.214. The van der Waals surface area contributed by atoms with Gasteiger partial charge < -0.3 is 10.1 Å². The summed E-state index contributed by atoms with van der Waals surface area (Å²) >= 11 is 3.39. The third kappa shape index (κ3) is 3.69. The van der Waals surface area contributed by atoms with Gasteiger partial charge >= 0.3 is 5.97 Å². The first-order chi connectivity index (χ1) is 10.0. The van der Waals surface area contributed by atoms with Gasteiger partial charge in [-0.05, 0) is 24.6 Å². The average molecular weight is 352 g/mol. The molecule has 0 bridgehead atoms. The number of methoxy groups -OCH3 is 1. The molecule has 0 aliphatic rings. The van der Waals surface area contributed by atoms with Crippen molar-refractivity contribution < 1.29 is 14.3 Å². The number of carbonyl (C=O) groups is 2. The highest BCUT2D eigenvalue weighted by Crippen LogP contribution is 2.20. The molecule has 1 amide bonds. The molecule has 1 aromatic carbocycles. The van der Waals surface area contributed by atoms with E-state index in [1.165, 1.54) is 18.0 Å². The van der Waals surface area contributed by atoms with Gasteiger partial charge in [-0.3, -0.25) is 14.3 Å². The summed E-state index contributed by atoms with van der Waals surface area (Å²) in [5.74, 6) is -0.634. The third-order valence-electron chi connectivity index (χ3n) is 2.92. The van der Waals surface area contributed by atoms with Crippen LogP contribution in [0.1, 0.15) is 15.9 Å². The second kappa shape index (κ2) is 6.53. The van der Waals surface area contributed by atoms with Gasteiger partial charge in [-0.25, -0.2) is 0 Å². The number of ether oxygens (including phenoxy) is 1. The zero-order valence-electron chi connectivity index (χ0n) is 11.6. The van der Waals surface area contributed by atoms with Crippen LogP contribution in [0.4, 0.5) is 5.69 Å². The Hall–Kier alpha value is -2.15. The number of esters is 1. The van der Waals surface area contributed by atoms with Crippen LogP contribution in [0, 0.1) is 6.92 Å². The molecule has 110 valence electrons. The van der Waals surface area contributed by atoms with E-state index >= 15 is 0 Å². The van der Waals surface area contributed by atoms with Crippen molar-refractivity contribution in [2.45, 2.75) is 13.5 Å². The Morgan fingerprint density at radius 3 is 2.90 bits per heavy atom. The van der Waals surface area contributed by atoms with Crippen LogP contribution in [-0.4, -0.2) is 28.8 Å². The minimum absolute atomic E-state index is 0.00227. The summed E-state index contributed by atoms with van der Waals surface area (Å²) in [6.45, 7) is 1.86. The van der Waals surface area contributed by atoms with Gasteiger partial charge in [-0.1, -0.05) is 22.0 Å². The van der Waals surface area contributed by atoms with Crippen molar-refractivity contribution in [2.24, 2.45) is 0 Å². The number of benzene rings is 1. The van der Waals surface area contributed by atoms with Crippen molar-refractivity contribution in [1.82, 2.24) is 9.78 Å². The van der Waals surface area contributed by atoms with Gasteiger partial charge in [0.25, 0.3) is 5.91 Å². The molecule has 2 rings (SSSR count). The predicted molar refractivity (Wildman–Crippen MR) is 81.1 cm³/mol. The number of halogens is 1. The molecule has 0 unspecified atom stereocenters. The monoisotopic (exact) mass is 351 g/mol. The van der Waals surface area contributed by atoms with E-state index < -0.39 is 5.97 Å². The number of nitrogens with zero attached hydrogens (tertiary/aromatic N) is 2. The van der Waals surface area contributed by atoms with Crippen molar-refractivity contribution in [1.29, 1.82) is 0 Å². The fourth-order valence-electron chi connectivity index (χ4n) is 1.76. The van der Waals surface area contributed by atoms with Crippen LogP contribution < -0.4 is 5.32 Å². The standard InChI is InChI=1S/C14H14BrN3O3/c1-9-11(4-3-5-12(9)15)14(20)17-10-6-16-18(7-10)8-13(19)21-2/h3-7H,8H2,1-2H3,(H,17,20). The molecular weight excluding hydrogens is 338 g/mol. The fourth-order valence-corrected chi connectivity index (χ4v) is 2.13. The number of carbonyl (C=O) groups excluding carboxylic acids is 2. The first-order valence-corrected chi connectivity index (χ1v) is 6.96. The van der Waals surface area contributed by atoms with Crippen LogP contribution in [0.2, 0.25) is 0 Å². The second-order valence-electron chi connectivity index (χ2n) is 4.37. The number of hydrogen-bond donors (Lipinski definition) is 1. The molecule has 1 N–H and O–H groups in total. The summed E-state index contributed by atoms with van der Waals surface area (Å²) in [6, 6.07) is 5.42. The van der Waals surface area contributed by atoms with E-state index in [2.05, 4.69) is 31.1 Å². The maximum atomic E-state index is 12.2. The smallest absolute Gasteiger partial charge is 0.327 e. The van der Waals surface area contributed by atoms with E-state index in [1.54, 1.807) is 18.3 Å². The Bertz CT molecular complexity index is 682. The summed E-state index contributed by atoms with van der Waals surface area (Å²) in [5, 5.41) is 6.73. The van der Waals surface area contributed by atoms with Crippen LogP contribution in [0.5, 0.6) is 0 Å². The van der Waals surface area contributed by atoms with Crippen molar-refractivity contribution in [3.05, 3.63) is 46.2 Å². The van der Waals surface area contributed by atoms with Crippen molar-refractivity contribution in [2.75, 3.05) is 12.4 Å². The highest BCUT2D eigenvalue weighted by atomic mass is 79.9. The van der Waals surface area contributed by atoms with Crippen molar-refractivity contribution >= 4 is 33.5 Å². The minimum atomic E-state index is -0.404. The molecule has 0 saturated carbocycles. The van der Waals surface area contributed by atoms with E-state index in [0.29, 0.717) is 11.3 Å². The maximum absolute atomic E-state index is 12.2. The topological polar surface area (TPSA) is 73.2 Å². The maximum Gasteiger partial charge on any atom is 0.327 e. The Kier molecular flexibility index (Phi) is 4.74. The van der Waals surface area contributed by atoms with E-state index in [-0.39, 0.29) is 12.5 Å². The second-order valence-corrected chi connectivity index (χ2v) is 5.22.